The second-order valence-corrected chi connectivity index (χ2v) is 12.1. The number of anilines is 3. The molecule has 0 aliphatic rings. The Morgan fingerprint density at radius 1 is 0.880 bits per heavy atom. The van der Waals surface area contributed by atoms with Crippen molar-refractivity contribution < 1.29 is 23.9 Å². The monoisotopic (exact) mass is 681 g/mol. The predicted molar refractivity (Wildman–Crippen MR) is 196 cm³/mol. The smallest absolute Gasteiger partial charge is 0.262 e. The van der Waals surface area contributed by atoms with Crippen LogP contribution in [0.2, 0.25) is 0 Å². The summed E-state index contributed by atoms with van der Waals surface area (Å²) < 4.78 is 12.0. The standard InChI is InChI=1S/C38H47N7O5/c1-8-45(9-2)33(46)19-17-27-16-18-31(32(22-27)49-7)50-37-30(36(48)42-34-25(3)12-10-13-26(34)4)24-40-38(43-37)41-29-15-11-14-28(23-29)35(47)39-20-21-44(5)6/h10-16,18,22-24H,8-9,17,19-21H2,1-7H3,(H,39,47)(H,42,48)(H,40,41,43). The third-order valence-corrected chi connectivity index (χ3v) is 8.12. The number of nitrogens with one attached hydrogen (secondary N) is 3. The number of carbonyl (C=O) groups is 3. The van der Waals surface area contributed by atoms with Gasteiger partial charge < -0.3 is 35.2 Å². The fourth-order valence-corrected chi connectivity index (χ4v) is 5.26. The van der Waals surface area contributed by atoms with Crippen LogP contribution in [0.3, 0.4) is 0 Å². The van der Waals surface area contributed by atoms with E-state index in [2.05, 4.69) is 25.9 Å². The van der Waals surface area contributed by atoms with Crippen molar-refractivity contribution in [3.05, 3.63) is 94.7 Å². The summed E-state index contributed by atoms with van der Waals surface area (Å²) in [6, 6.07) is 18.1. The maximum Gasteiger partial charge on any atom is 0.262 e. The number of hydrogen-bond acceptors (Lipinski definition) is 9. The fraction of sp³-hybridized carbons (Fsp3) is 0.342. The van der Waals surface area contributed by atoms with Gasteiger partial charge in [0.15, 0.2) is 11.5 Å². The molecule has 4 rings (SSSR count). The van der Waals surface area contributed by atoms with Gasteiger partial charge in [0, 0.05) is 55.7 Å². The van der Waals surface area contributed by atoms with Crippen LogP contribution in [0.5, 0.6) is 17.4 Å². The van der Waals surface area contributed by atoms with Crippen molar-refractivity contribution in [2.75, 3.05) is 58.0 Å². The summed E-state index contributed by atoms with van der Waals surface area (Å²) in [5, 5.41) is 9.02. The van der Waals surface area contributed by atoms with Crippen molar-refractivity contribution in [2.45, 2.75) is 40.5 Å². The number of benzene rings is 3. The van der Waals surface area contributed by atoms with E-state index in [-0.39, 0.29) is 29.2 Å². The molecule has 12 heteroatoms. The van der Waals surface area contributed by atoms with E-state index >= 15 is 0 Å². The summed E-state index contributed by atoms with van der Waals surface area (Å²) in [7, 11) is 5.41. The second kappa shape index (κ2) is 17.8. The molecule has 0 radical (unpaired) electrons. The zero-order chi connectivity index (χ0) is 36.2. The Morgan fingerprint density at radius 2 is 1.60 bits per heavy atom. The lowest BCUT2D eigenvalue weighted by atomic mass is 10.1. The minimum Gasteiger partial charge on any atom is -0.493 e. The normalized spacial score (nSPS) is 10.8. The van der Waals surface area contributed by atoms with Gasteiger partial charge in [0.1, 0.15) is 5.56 Å². The van der Waals surface area contributed by atoms with E-state index in [0.717, 1.165) is 16.7 Å². The Hall–Kier alpha value is -5.49. The van der Waals surface area contributed by atoms with Gasteiger partial charge in [0.05, 0.1) is 7.11 Å². The molecule has 3 N–H and O–H groups in total. The summed E-state index contributed by atoms with van der Waals surface area (Å²) >= 11 is 0. The molecule has 0 bridgehead atoms. The van der Waals surface area contributed by atoms with E-state index in [0.29, 0.717) is 67.5 Å². The van der Waals surface area contributed by atoms with Crippen LogP contribution in [-0.4, -0.2) is 84.9 Å². The molecule has 0 atom stereocenters. The van der Waals surface area contributed by atoms with Gasteiger partial charge in [-0.2, -0.15) is 4.98 Å². The van der Waals surface area contributed by atoms with Gasteiger partial charge in [-0.15, -0.1) is 0 Å². The van der Waals surface area contributed by atoms with Gasteiger partial charge >= 0.3 is 0 Å². The van der Waals surface area contributed by atoms with E-state index < -0.39 is 5.91 Å². The minimum atomic E-state index is -0.453. The number of ether oxygens (including phenoxy) is 2. The van der Waals surface area contributed by atoms with Crippen molar-refractivity contribution in [3.63, 3.8) is 0 Å². The molecule has 0 unspecified atom stereocenters. The van der Waals surface area contributed by atoms with Gasteiger partial charge in [0.25, 0.3) is 11.8 Å². The van der Waals surface area contributed by atoms with Crippen molar-refractivity contribution in [1.29, 1.82) is 0 Å². The van der Waals surface area contributed by atoms with Crippen LogP contribution in [-0.2, 0) is 11.2 Å². The van der Waals surface area contributed by atoms with E-state index in [1.54, 1.807) is 35.2 Å². The predicted octanol–water partition coefficient (Wildman–Crippen LogP) is 5.98. The third kappa shape index (κ3) is 10.0. The fourth-order valence-electron chi connectivity index (χ4n) is 5.26. The van der Waals surface area contributed by atoms with E-state index in [4.69, 9.17) is 9.47 Å². The lowest BCUT2D eigenvalue weighted by Gasteiger charge is -2.18. The molecule has 0 saturated heterocycles. The average molecular weight is 682 g/mol. The molecule has 0 spiro atoms. The number of carbonyl (C=O) groups excluding carboxylic acids is 3. The molecular formula is C38H47N7O5. The summed E-state index contributed by atoms with van der Waals surface area (Å²) in [5.41, 5.74) is 4.54. The molecule has 3 aromatic carbocycles. The molecule has 3 amide bonds. The second-order valence-electron chi connectivity index (χ2n) is 12.1. The summed E-state index contributed by atoms with van der Waals surface area (Å²) in [4.78, 5) is 51.8. The highest BCUT2D eigenvalue weighted by atomic mass is 16.5. The molecule has 0 aliphatic carbocycles. The van der Waals surface area contributed by atoms with Crippen molar-refractivity contribution in [3.8, 4) is 17.4 Å². The highest BCUT2D eigenvalue weighted by molar-refractivity contribution is 6.06. The Morgan fingerprint density at radius 3 is 2.28 bits per heavy atom. The van der Waals surface area contributed by atoms with Gasteiger partial charge in [-0.05, 0) is 95.2 Å². The molecule has 0 saturated carbocycles. The molecule has 0 aliphatic heterocycles. The molecule has 50 heavy (non-hydrogen) atoms. The lowest BCUT2D eigenvalue weighted by molar-refractivity contribution is -0.130. The lowest BCUT2D eigenvalue weighted by Crippen LogP contribution is -2.31. The van der Waals surface area contributed by atoms with Gasteiger partial charge in [-0.25, -0.2) is 4.98 Å². The average Bonchev–Trinajstić information content (AvgIpc) is 3.10. The van der Waals surface area contributed by atoms with E-state index in [1.807, 2.05) is 77.0 Å². The number of para-hydroxylation sites is 1. The topological polar surface area (TPSA) is 138 Å². The molecule has 0 fully saturated rings. The number of likely N-dealkylation sites (N-methyl/N-ethyl adjacent to an activating group) is 1. The van der Waals surface area contributed by atoms with E-state index in [1.165, 1.54) is 13.3 Å². The molecule has 1 aromatic heterocycles. The zero-order valence-corrected chi connectivity index (χ0v) is 29.9. The molecule has 12 nitrogen and oxygen atoms in total. The largest absolute Gasteiger partial charge is 0.493 e. The number of aryl methyl sites for hydroxylation is 3. The van der Waals surface area contributed by atoms with Crippen LogP contribution in [0.15, 0.2) is 66.9 Å². The Labute approximate surface area is 294 Å². The van der Waals surface area contributed by atoms with Crippen molar-refractivity contribution in [2.24, 2.45) is 0 Å². The SMILES string of the molecule is CCN(CC)C(=O)CCc1ccc(Oc2nc(Nc3cccc(C(=O)NCCN(C)C)c3)ncc2C(=O)Nc2c(C)cccc2C)c(OC)c1. The molecule has 1 heterocycles. The van der Waals surface area contributed by atoms with Crippen molar-refractivity contribution >= 4 is 35.0 Å². The van der Waals surface area contributed by atoms with E-state index in [9.17, 15) is 14.4 Å². The summed E-state index contributed by atoms with van der Waals surface area (Å²) in [6.45, 7) is 10.3. The maximum atomic E-state index is 13.7. The summed E-state index contributed by atoms with van der Waals surface area (Å²) in [5.74, 6) is 0.322. The number of aromatic nitrogens is 2. The number of methoxy groups -OCH3 is 1. The minimum absolute atomic E-state index is 0.00779. The molecule has 264 valence electrons. The van der Waals surface area contributed by atoms with Crippen LogP contribution in [0.25, 0.3) is 0 Å². The van der Waals surface area contributed by atoms with Gasteiger partial charge in [-0.1, -0.05) is 30.3 Å². The van der Waals surface area contributed by atoms with Crippen LogP contribution >= 0.6 is 0 Å². The van der Waals surface area contributed by atoms with Crippen molar-refractivity contribution in [1.82, 2.24) is 25.1 Å². The number of hydrogen-bond donors (Lipinski definition) is 3. The first-order chi connectivity index (χ1) is 24.0. The Kier molecular flexibility index (Phi) is 13.3. The molecule has 4 aromatic rings. The highest BCUT2D eigenvalue weighted by Crippen LogP contribution is 2.34. The van der Waals surface area contributed by atoms with Gasteiger partial charge in [0.2, 0.25) is 17.7 Å². The van der Waals surface area contributed by atoms with Gasteiger partial charge in [-0.3, -0.25) is 14.4 Å². The quantitative estimate of drug-likeness (QED) is 0.130. The summed E-state index contributed by atoms with van der Waals surface area (Å²) in [6.07, 6.45) is 2.29. The third-order valence-electron chi connectivity index (χ3n) is 8.12. The van der Waals surface area contributed by atoms with Crippen LogP contribution in [0.1, 0.15) is 57.7 Å². The maximum absolute atomic E-state index is 13.7. The van der Waals surface area contributed by atoms with Crippen LogP contribution in [0, 0.1) is 13.8 Å². The van der Waals surface area contributed by atoms with Crippen LogP contribution in [0.4, 0.5) is 17.3 Å². The number of rotatable bonds is 16. The number of nitrogens with zero attached hydrogens (tertiary/aromatic N) is 4. The Bertz CT molecular complexity index is 1790. The van der Waals surface area contributed by atoms with Crippen LogP contribution < -0.4 is 25.4 Å². The highest BCUT2D eigenvalue weighted by Gasteiger charge is 2.21. The Balaban J connectivity index is 1.63. The first-order valence-electron chi connectivity index (χ1n) is 16.7. The zero-order valence-electron chi connectivity index (χ0n) is 29.9. The number of amides is 3. The first kappa shape index (κ1) is 37.3. The molecular weight excluding hydrogens is 634 g/mol. The first-order valence-corrected chi connectivity index (χ1v) is 16.7.